The van der Waals surface area contributed by atoms with Crippen molar-refractivity contribution in [3.8, 4) is 0 Å². The average molecular weight is 1220 g/mol. The minimum Gasteiger partial charge on any atom is -0.646 e. The molecular weight excluding hydrogens is 1180 g/mol. The van der Waals surface area contributed by atoms with Crippen LogP contribution in [0.1, 0.15) is 14.9 Å². The van der Waals surface area contributed by atoms with E-state index in [0.29, 0.717) is 0 Å². The molecule has 325 valence electrons. The van der Waals surface area contributed by atoms with Crippen LogP contribution in [0.3, 0.4) is 0 Å². The van der Waals surface area contributed by atoms with E-state index >= 15 is 0 Å². The van der Waals surface area contributed by atoms with Crippen molar-refractivity contribution in [3.05, 3.63) is 31.9 Å². The molecule has 2 rings (SSSR count). The number of carboxylic acids is 6. The molecule has 0 heterocycles. The molecule has 0 saturated heterocycles. The van der Waals surface area contributed by atoms with Gasteiger partial charge in [-0.05, 0) is 39.3 Å². The third-order valence-corrected chi connectivity index (χ3v) is 6.82. The van der Waals surface area contributed by atoms with E-state index < -0.39 is 148 Å². The maximum Gasteiger partial charge on any atom is 0.282 e. The second kappa shape index (κ2) is 31.2. The molecule has 2 aliphatic rings. The molecule has 12 N–H and O–H groups in total. The molecule has 2 saturated carbocycles. The number of carboxylic acid groups (broad SMARTS) is 6. The van der Waals surface area contributed by atoms with Crippen LogP contribution < -0.4 is 0 Å². The molecule has 27 heteroatoms. The topological polar surface area (TPSA) is 430 Å². The Morgan fingerprint density at radius 1 is 0.302 bits per heavy atom. The zero-order valence-corrected chi connectivity index (χ0v) is 31.4. The Hall–Kier alpha value is 0.119. The normalized spacial score (nSPS) is 30.0. The van der Waals surface area contributed by atoms with Gasteiger partial charge >= 0.3 is 0 Å². The Kier molecular flexibility index (Phi) is 36.6. The minimum atomic E-state index is -1.65. The van der Waals surface area contributed by atoms with Crippen LogP contribution in [0.25, 0.3) is 31.9 Å². The van der Waals surface area contributed by atoms with E-state index in [1.165, 1.54) is 0 Å². The summed E-state index contributed by atoms with van der Waals surface area (Å²) in [5.41, 5.74) is 0. The largest absolute Gasteiger partial charge is 0.646 e. The number of carbonyl (C=O) groups is 6. The maximum atomic E-state index is 10.6. The predicted molar refractivity (Wildman–Crippen MR) is 167 cm³/mol. The third-order valence-electron chi connectivity index (χ3n) is 6.82. The molecule has 24 nitrogen and oxygen atoms in total. The maximum absolute atomic E-state index is 10.6. The van der Waals surface area contributed by atoms with Gasteiger partial charge in [-0.15, -0.1) is 0 Å². The van der Waals surface area contributed by atoms with E-state index in [0.717, 1.165) is 0 Å². The molecule has 0 aliphatic heterocycles. The second-order valence-electron chi connectivity index (χ2n) is 10.3. The Morgan fingerprint density at radius 2 is 0.396 bits per heavy atom. The number of aliphatic hydroxyl groups excluding tert-OH is 6. The summed E-state index contributed by atoms with van der Waals surface area (Å²) in [6.45, 7) is -4.55. The first kappa shape index (κ1) is 62.3. The smallest absolute Gasteiger partial charge is 0.282 e. The molecule has 0 spiro atoms. The first-order valence-corrected chi connectivity index (χ1v) is 13.7. The molecule has 53 heavy (non-hydrogen) atoms. The first-order valence-electron chi connectivity index (χ1n) is 13.7. The van der Waals surface area contributed by atoms with Crippen LogP contribution in [-0.4, -0.2) is 209 Å². The van der Waals surface area contributed by atoms with Crippen molar-refractivity contribution in [2.75, 3.05) is 39.3 Å². The first-order chi connectivity index (χ1) is 22.3. The molecule has 2 fully saturated rings. The molecule has 0 unspecified atom stereocenters. The van der Waals surface area contributed by atoms with Crippen LogP contribution in [0.5, 0.6) is 0 Å². The summed E-state index contributed by atoms with van der Waals surface area (Å²) in [5, 5.41) is 134. The van der Waals surface area contributed by atoms with Crippen LogP contribution in [-0.2, 0) is 28.8 Å². The number of nitrogens with zero attached hydrogens (tertiary/aromatic N) is 6. The zero-order valence-electron chi connectivity index (χ0n) is 25.6. The van der Waals surface area contributed by atoms with Gasteiger partial charge in [-0.3, -0.25) is 28.8 Å². The van der Waals surface area contributed by atoms with Gasteiger partial charge in [0.2, 0.25) is 0 Å². The van der Waals surface area contributed by atoms with Crippen LogP contribution in [0.2, 0.25) is 0 Å². The number of rotatable bonds is 18. The fraction of sp³-hybridized carbons (Fsp3) is 0.769. The molecule has 0 atom stereocenters. The van der Waals surface area contributed by atoms with Gasteiger partial charge in [-0.25, -0.2) is 0 Å². The minimum absolute atomic E-state index is 0. The van der Waals surface area contributed by atoms with Gasteiger partial charge in [-0.1, -0.05) is 51.1 Å². The van der Waals surface area contributed by atoms with Crippen molar-refractivity contribution in [3.63, 3.8) is 0 Å². The summed E-state index contributed by atoms with van der Waals surface area (Å²) in [6.07, 6.45) is -9.89. The molecule has 0 amide bonds. The van der Waals surface area contributed by atoms with Crippen LogP contribution in [0.4, 0.5) is 0 Å². The van der Waals surface area contributed by atoms with Crippen molar-refractivity contribution in [2.45, 2.75) is 87.7 Å². The average Bonchev–Trinajstić information content (AvgIpc) is 2.96. The van der Waals surface area contributed by atoms with Gasteiger partial charge in [-0.2, -0.15) is 0 Å². The third kappa shape index (κ3) is 21.5. The summed E-state index contributed by atoms with van der Waals surface area (Å²) in [7, 11) is 0. The van der Waals surface area contributed by atoms with E-state index in [9.17, 15) is 59.4 Å². The summed E-state index contributed by atoms with van der Waals surface area (Å²) >= 11 is 0. The SMILES string of the molecule is C.C.O=C(O)C[N-]C1C(O)C([N-]CC(=O)O)C(O)C([N-]CC(=O)O)C1O.O=C(O)C[N-]C1C(O)C([N-]CC(=O)O)C(O)C([N-]CC(=O)O)C1O.[Ho].[Ho].[Ho]. The molecule has 0 aromatic heterocycles. The summed E-state index contributed by atoms with van der Waals surface area (Å²) < 4.78 is 0. The summed E-state index contributed by atoms with van der Waals surface area (Å²) in [6, 6.07) is -8.53. The number of hydrogen-bond acceptors (Lipinski definition) is 12. The summed E-state index contributed by atoms with van der Waals surface area (Å²) in [4.78, 5) is 63.6. The van der Waals surface area contributed by atoms with Crippen molar-refractivity contribution in [1.29, 1.82) is 0 Å². The number of aliphatic carboxylic acids is 6. The van der Waals surface area contributed by atoms with E-state index in [2.05, 4.69) is 31.9 Å². The Morgan fingerprint density at radius 3 is 0.472 bits per heavy atom. The number of aliphatic hydroxyl groups is 6. The van der Waals surface area contributed by atoms with Gasteiger partial charge in [0.25, 0.3) is 35.8 Å². The van der Waals surface area contributed by atoms with E-state index in [1.54, 1.807) is 0 Å². The van der Waals surface area contributed by atoms with Crippen molar-refractivity contribution in [1.82, 2.24) is 0 Å². The van der Waals surface area contributed by atoms with Gasteiger partial charge in [0, 0.05) is 150 Å². The quantitative estimate of drug-likeness (QED) is 0.0590. The van der Waals surface area contributed by atoms with E-state index in [1.807, 2.05) is 0 Å². The fourth-order valence-electron chi connectivity index (χ4n) is 4.82. The second-order valence-corrected chi connectivity index (χ2v) is 10.3. The van der Waals surface area contributed by atoms with Crippen LogP contribution in [0.15, 0.2) is 0 Å². The molecule has 3 radical (unpaired) electrons. The zero-order chi connectivity index (χ0) is 36.9. The molecular formula is C26H44Ho3N6O18-6. The van der Waals surface area contributed by atoms with Gasteiger partial charge < -0.3 is 93.2 Å². The van der Waals surface area contributed by atoms with E-state index in [-0.39, 0.29) is 128 Å². The van der Waals surface area contributed by atoms with Gasteiger partial charge in [0.05, 0.1) is 0 Å². The van der Waals surface area contributed by atoms with Gasteiger partial charge in [0.1, 0.15) is 0 Å². The fourth-order valence-corrected chi connectivity index (χ4v) is 4.82. The van der Waals surface area contributed by atoms with Crippen molar-refractivity contribution >= 4 is 35.8 Å². The van der Waals surface area contributed by atoms with Gasteiger partial charge in [0.15, 0.2) is 0 Å². The predicted octanol–water partition coefficient (Wildman–Crippen LogP) is -3.60. The Bertz CT molecular complexity index is 895. The Labute approximate surface area is 393 Å². The van der Waals surface area contributed by atoms with E-state index in [4.69, 9.17) is 30.6 Å². The van der Waals surface area contributed by atoms with Crippen LogP contribution in [0, 0.1) is 113 Å². The molecule has 0 aromatic carbocycles. The molecule has 0 aromatic rings. The standard InChI is InChI=1S/2C12H18N3O9.2CH4.3Ho/c2*16-4(17)1-13-7-10(22)8(14-2-5(18)19)12(24)9(11(7)23)15-3-6(20)21;;;;;/h2*7-12,22-24H,1-3H2,(H,16,17)(H,18,19)(H,20,21);2*1H4;;;/q2*-3;;;;;. The molecule has 2 aliphatic carbocycles. The van der Waals surface area contributed by atoms with Crippen molar-refractivity contribution in [2.24, 2.45) is 0 Å². The molecule has 0 bridgehead atoms. The Balaban J connectivity index is -0.000000265. The number of hydrogen-bond donors (Lipinski definition) is 12. The summed E-state index contributed by atoms with van der Waals surface area (Å²) in [5.74, 6) is -8.01. The van der Waals surface area contributed by atoms with Crippen LogP contribution >= 0.6 is 0 Å². The van der Waals surface area contributed by atoms with Crippen molar-refractivity contribution < 1.29 is 203 Å². The monoisotopic (exact) mass is 1220 g/mol.